The third-order valence-corrected chi connectivity index (χ3v) is 5.73. The van der Waals surface area contributed by atoms with E-state index in [1.807, 2.05) is 24.3 Å². The van der Waals surface area contributed by atoms with Gasteiger partial charge in [0, 0.05) is 26.2 Å². The number of methoxy groups -OCH3 is 1. The van der Waals surface area contributed by atoms with Gasteiger partial charge in [-0.25, -0.2) is 0 Å². The standard InChI is InChI=1S/C20H13N3O3S/c1-26-20-17(18(24)19(20)25)22-12-6-11-9-21-23-16(11)13(8-12)15-7-10-4-2-3-5-14(10)27-15/h2-9,22H,1H3,(H,21,23). The summed E-state index contributed by atoms with van der Waals surface area (Å²) >= 11 is 1.69. The maximum atomic E-state index is 11.9. The fourth-order valence-corrected chi connectivity index (χ4v) is 4.35. The van der Waals surface area contributed by atoms with E-state index in [-0.39, 0.29) is 11.4 Å². The Bertz CT molecular complexity index is 1360. The van der Waals surface area contributed by atoms with Crippen molar-refractivity contribution in [2.45, 2.75) is 0 Å². The number of aromatic amines is 1. The Hall–Kier alpha value is -3.45. The number of nitrogens with zero attached hydrogens (tertiary/aromatic N) is 1. The molecule has 0 saturated carbocycles. The highest BCUT2D eigenvalue weighted by atomic mass is 32.1. The predicted octanol–water partition coefficient (Wildman–Crippen LogP) is 3.79. The maximum Gasteiger partial charge on any atom is 0.272 e. The van der Waals surface area contributed by atoms with Crippen LogP contribution in [0.3, 0.4) is 0 Å². The molecule has 27 heavy (non-hydrogen) atoms. The molecule has 0 amide bonds. The lowest BCUT2D eigenvalue weighted by Gasteiger charge is -2.13. The van der Waals surface area contributed by atoms with Crippen LogP contribution in [0.1, 0.15) is 0 Å². The van der Waals surface area contributed by atoms with Crippen molar-refractivity contribution in [2.24, 2.45) is 0 Å². The first-order valence-corrected chi connectivity index (χ1v) is 9.08. The molecule has 132 valence electrons. The Balaban J connectivity index is 1.66. The van der Waals surface area contributed by atoms with Crippen molar-refractivity contribution in [2.75, 3.05) is 12.4 Å². The molecule has 0 radical (unpaired) electrons. The molecule has 5 aromatic rings. The Labute approximate surface area is 156 Å². The summed E-state index contributed by atoms with van der Waals surface area (Å²) in [6.45, 7) is 0. The third-order valence-electron chi connectivity index (χ3n) is 4.58. The molecule has 0 aliphatic carbocycles. The topological polar surface area (TPSA) is 84.1 Å². The summed E-state index contributed by atoms with van der Waals surface area (Å²) in [6.07, 6.45) is 1.73. The van der Waals surface area contributed by atoms with E-state index in [9.17, 15) is 9.59 Å². The Morgan fingerprint density at radius 3 is 2.74 bits per heavy atom. The summed E-state index contributed by atoms with van der Waals surface area (Å²) in [7, 11) is 1.38. The fourth-order valence-electron chi connectivity index (χ4n) is 3.26. The van der Waals surface area contributed by atoms with Crippen LogP contribution in [0.2, 0.25) is 0 Å². The van der Waals surface area contributed by atoms with Gasteiger partial charge >= 0.3 is 0 Å². The molecule has 0 spiro atoms. The Morgan fingerprint density at radius 1 is 1.07 bits per heavy atom. The first-order valence-electron chi connectivity index (χ1n) is 8.26. The van der Waals surface area contributed by atoms with E-state index in [1.165, 1.54) is 17.2 Å². The van der Waals surface area contributed by atoms with Gasteiger partial charge in [0.1, 0.15) is 5.69 Å². The van der Waals surface area contributed by atoms with Crippen molar-refractivity contribution in [1.29, 1.82) is 0 Å². The van der Waals surface area contributed by atoms with Gasteiger partial charge in [-0.05, 0) is 29.7 Å². The summed E-state index contributed by atoms with van der Waals surface area (Å²) in [5.41, 5.74) is 1.61. The number of aromatic nitrogens is 2. The summed E-state index contributed by atoms with van der Waals surface area (Å²) in [5, 5.41) is 12.3. The molecular formula is C20H13N3O3S. The van der Waals surface area contributed by atoms with E-state index in [0.29, 0.717) is 5.69 Å². The van der Waals surface area contributed by atoms with E-state index in [1.54, 1.807) is 17.5 Å². The van der Waals surface area contributed by atoms with Crippen LogP contribution < -0.4 is 20.9 Å². The molecule has 2 N–H and O–H groups in total. The predicted molar refractivity (Wildman–Crippen MR) is 108 cm³/mol. The molecule has 3 aromatic carbocycles. The number of nitrogens with one attached hydrogen (secondary N) is 2. The lowest BCUT2D eigenvalue weighted by Crippen LogP contribution is -2.34. The van der Waals surface area contributed by atoms with Gasteiger partial charge in [0.25, 0.3) is 10.9 Å². The molecule has 2 heterocycles. The number of ether oxygens (including phenoxy) is 1. The van der Waals surface area contributed by atoms with E-state index < -0.39 is 10.9 Å². The number of hydrogen-bond donors (Lipinski definition) is 2. The normalized spacial score (nSPS) is 11.4. The first kappa shape index (κ1) is 15.8. The molecule has 0 atom stereocenters. The van der Waals surface area contributed by atoms with Crippen LogP contribution in [0.4, 0.5) is 11.4 Å². The first-order chi connectivity index (χ1) is 13.2. The molecule has 0 aliphatic heterocycles. The Kier molecular flexibility index (Phi) is 3.38. The number of benzene rings is 2. The van der Waals surface area contributed by atoms with E-state index in [2.05, 4.69) is 33.7 Å². The molecule has 0 saturated heterocycles. The fraction of sp³-hybridized carbons (Fsp3) is 0.0500. The van der Waals surface area contributed by atoms with E-state index >= 15 is 0 Å². The zero-order chi connectivity index (χ0) is 18.5. The molecule has 5 rings (SSSR count). The van der Waals surface area contributed by atoms with Crippen molar-refractivity contribution < 1.29 is 4.74 Å². The van der Waals surface area contributed by atoms with Crippen molar-refractivity contribution in [3.05, 3.63) is 69.1 Å². The SMILES string of the molecule is COc1c(Nc2cc(-c3cc4ccccc4s3)c3[nH]ncc3c2)c(=O)c1=O. The van der Waals surface area contributed by atoms with Crippen LogP contribution >= 0.6 is 11.3 Å². The number of rotatable bonds is 4. The number of hydrogen-bond acceptors (Lipinski definition) is 6. The number of H-pyrrole nitrogens is 1. The van der Waals surface area contributed by atoms with Crippen LogP contribution in [0.25, 0.3) is 31.4 Å². The third kappa shape index (κ3) is 2.36. The summed E-state index contributed by atoms with van der Waals surface area (Å²) in [5.74, 6) is 0.0655. The summed E-state index contributed by atoms with van der Waals surface area (Å²) in [6, 6.07) is 14.2. The number of thiophene rings is 1. The molecule has 0 unspecified atom stereocenters. The molecule has 0 bridgehead atoms. The maximum absolute atomic E-state index is 11.9. The second-order valence-corrected chi connectivity index (χ2v) is 7.28. The van der Waals surface area contributed by atoms with Gasteiger partial charge in [0.05, 0.1) is 18.8 Å². The molecule has 7 heteroatoms. The van der Waals surface area contributed by atoms with Crippen LogP contribution in [0, 0.1) is 0 Å². The summed E-state index contributed by atoms with van der Waals surface area (Å²) in [4.78, 5) is 24.5. The van der Waals surface area contributed by atoms with Gasteiger partial charge in [-0.2, -0.15) is 5.10 Å². The molecule has 0 fully saturated rings. The van der Waals surface area contributed by atoms with Gasteiger partial charge < -0.3 is 10.1 Å². The zero-order valence-corrected chi connectivity index (χ0v) is 15.0. The molecule has 6 nitrogen and oxygen atoms in total. The van der Waals surface area contributed by atoms with E-state index in [4.69, 9.17) is 4.74 Å². The van der Waals surface area contributed by atoms with Gasteiger partial charge in [-0.1, -0.05) is 18.2 Å². The zero-order valence-electron chi connectivity index (χ0n) is 14.2. The average molecular weight is 375 g/mol. The lowest BCUT2D eigenvalue weighted by atomic mass is 10.1. The van der Waals surface area contributed by atoms with Crippen molar-refractivity contribution in [3.8, 4) is 16.2 Å². The van der Waals surface area contributed by atoms with Crippen molar-refractivity contribution >= 4 is 43.7 Å². The van der Waals surface area contributed by atoms with Crippen molar-refractivity contribution in [1.82, 2.24) is 10.2 Å². The van der Waals surface area contributed by atoms with Crippen LogP contribution in [0.15, 0.2) is 58.3 Å². The Morgan fingerprint density at radius 2 is 1.93 bits per heavy atom. The average Bonchev–Trinajstić information content (AvgIpc) is 3.33. The van der Waals surface area contributed by atoms with Gasteiger partial charge in [0.2, 0.25) is 0 Å². The van der Waals surface area contributed by atoms with Crippen molar-refractivity contribution in [3.63, 3.8) is 0 Å². The quantitative estimate of drug-likeness (QED) is 0.467. The van der Waals surface area contributed by atoms with E-state index in [0.717, 1.165) is 21.3 Å². The van der Waals surface area contributed by atoms with Crippen LogP contribution in [0.5, 0.6) is 5.75 Å². The minimum absolute atomic E-state index is 0.0655. The largest absolute Gasteiger partial charge is 0.491 e. The second-order valence-electron chi connectivity index (χ2n) is 6.20. The van der Waals surface area contributed by atoms with Crippen LogP contribution in [-0.2, 0) is 0 Å². The smallest absolute Gasteiger partial charge is 0.272 e. The highest BCUT2D eigenvalue weighted by Gasteiger charge is 2.22. The minimum atomic E-state index is -0.603. The molecule has 0 aliphatic rings. The summed E-state index contributed by atoms with van der Waals surface area (Å²) < 4.78 is 6.21. The second kappa shape index (κ2) is 5.78. The highest BCUT2D eigenvalue weighted by molar-refractivity contribution is 7.22. The minimum Gasteiger partial charge on any atom is -0.491 e. The van der Waals surface area contributed by atoms with Gasteiger partial charge in [-0.3, -0.25) is 14.7 Å². The van der Waals surface area contributed by atoms with Gasteiger partial charge in [0.15, 0.2) is 5.75 Å². The number of fused-ring (bicyclic) bond motifs is 2. The van der Waals surface area contributed by atoms with Crippen LogP contribution in [-0.4, -0.2) is 17.3 Å². The van der Waals surface area contributed by atoms with Gasteiger partial charge in [-0.15, -0.1) is 11.3 Å². The highest BCUT2D eigenvalue weighted by Crippen LogP contribution is 2.38. The lowest BCUT2D eigenvalue weighted by molar-refractivity contribution is 0.408. The molecule has 2 aromatic heterocycles. The molecular weight excluding hydrogens is 362 g/mol. The number of anilines is 2. The monoisotopic (exact) mass is 375 g/mol.